The average Bonchev–Trinajstić information content (AvgIpc) is 3.02. The first kappa shape index (κ1) is 17.1. The highest BCUT2D eigenvalue weighted by molar-refractivity contribution is 5.76. The molecule has 0 aromatic carbocycles. The summed E-state index contributed by atoms with van der Waals surface area (Å²) in [6.07, 6.45) is 6.18. The van der Waals surface area contributed by atoms with Crippen molar-refractivity contribution in [3.8, 4) is 0 Å². The lowest BCUT2D eigenvalue weighted by Gasteiger charge is -2.41. The van der Waals surface area contributed by atoms with Gasteiger partial charge in [0.05, 0.1) is 5.41 Å². The molecule has 0 amide bonds. The molecule has 1 aliphatic heterocycles. The number of hydrogen-bond acceptors (Lipinski definition) is 5. The number of carbonyl (C=O) groups is 1. The van der Waals surface area contributed by atoms with Crippen LogP contribution in [0.4, 0.5) is 5.82 Å². The van der Waals surface area contributed by atoms with E-state index in [1.54, 1.807) is 7.11 Å². The van der Waals surface area contributed by atoms with Crippen molar-refractivity contribution in [3.05, 3.63) is 17.1 Å². The molecule has 1 saturated heterocycles. The summed E-state index contributed by atoms with van der Waals surface area (Å²) in [7, 11) is 1.66. The molecule has 3 rings (SSSR count). The summed E-state index contributed by atoms with van der Waals surface area (Å²) < 4.78 is 5.12. The largest absolute Gasteiger partial charge is 0.481 e. The zero-order valence-corrected chi connectivity index (χ0v) is 14.7. The molecule has 1 aromatic rings. The van der Waals surface area contributed by atoms with Crippen LogP contribution in [0.5, 0.6) is 0 Å². The number of fused-ring (bicyclic) bond motifs is 1. The second-order valence-corrected chi connectivity index (χ2v) is 7.08. The Bertz CT molecular complexity index is 620. The first-order valence-electron chi connectivity index (χ1n) is 8.89. The molecule has 0 radical (unpaired) electrons. The highest BCUT2D eigenvalue weighted by atomic mass is 16.5. The Hall–Kier alpha value is -1.69. The molecule has 1 aromatic heterocycles. The molecule has 1 atom stereocenters. The summed E-state index contributed by atoms with van der Waals surface area (Å²) in [6, 6.07) is 0. The van der Waals surface area contributed by atoms with E-state index in [0.717, 1.165) is 62.4 Å². The molecule has 6 nitrogen and oxygen atoms in total. The molecule has 0 bridgehead atoms. The highest BCUT2D eigenvalue weighted by Gasteiger charge is 2.43. The SMILES string of the molecule is COCCC[C@]1(C(=O)O)CCCN(c2nc(C)nc3c2CCC3)C1. The highest BCUT2D eigenvalue weighted by Crippen LogP contribution is 2.38. The van der Waals surface area contributed by atoms with Crippen LogP contribution < -0.4 is 4.90 Å². The fraction of sp³-hybridized carbons (Fsp3) is 0.722. The van der Waals surface area contributed by atoms with Crippen LogP contribution in [0.3, 0.4) is 0 Å². The number of aromatic nitrogens is 2. The smallest absolute Gasteiger partial charge is 0.311 e. The second-order valence-electron chi connectivity index (χ2n) is 7.08. The summed E-state index contributed by atoms with van der Waals surface area (Å²) in [5, 5.41) is 9.90. The number of aliphatic carboxylic acids is 1. The van der Waals surface area contributed by atoms with Crippen molar-refractivity contribution in [2.75, 3.05) is 31.7 Å². The van der Waals surface area contributed by atoms with Gasteiger partial charge in [-0.2, -0.15) is 0 Å². The predicted molar refractivity (Wildman–Crippen MR) is 91.4 cm³/mol. The van der Waals surface area contributed by atoms with E-state index in [4.69, 9.17) is 4.74 Å². The summed E-state index contributed by atoms with van der Waals surface area (Å²) in [4.78, 5) is 23.5. The number of methoxy groups -OCH3 is 1. The number of rotatable bonds is 6. The Kier molecular flexibility index (Phi) is 5.04. The van der Waals surface area contributed by atoms with Gasteiger partial charge in [-0.15, -0.1) is 0 Å². The number of hydrogen-bond donors (Lipinski definition) is 1. The number of carboxylic acids is 1. The molecular weight excluding hydrogens is 306 g/mol. The fourth-order valence-electron chi connectivity index (χ4n) is 4.15. The minimum atomic E-state index is -0.693. The van der Waals surface area contributed by atoms with Gasteiger partial charge < -0.3 is 14.7 Å². The molecule has 2 heterocycles. The molecule has 24 heavy (non-hydrogen) atoms. The maximum absolute atomic E-state index is 12.0. The van der Waals surface area contributed by atoms with Crippen LogP contribution in [0.1, 0.15) is 49.2 Å². The van der Waals surface area contributed by atoms with E-state index >= 15 is 0 Å². The van der Waals surface area contributed by atoms with E-state index in [0.29, 0.717) is 19.6 Å². The molecule has 6 heteroatoms. The number of aryl methyl sites for hydroxylation is 2. The Balaban J connectivity index is 1.86. The van der Waals surface area contributed by atoms with Crippen molar-refractivity contribution in [1.82, 2.24) is 9.97 Å². The van der Waals surface area contributed by atoms with Gasteiger partial charge in [-0.25, -0.2) is 9.97 Å². The molecular formula is C18H27N3O3. The molecule has 1 aliphatic carbocycles. The predicted octanol–water partition coefficient (Wildman–Crippen LogP) is 2.37. The number of nitrogens with zero attached hydrogens (tertiary/aromatic N) is 3. The van der Waals surface area contributed by atoms with Gasteiger partial charge in [0.2, 0.25) is 0 Å². The van der Waals surface area contributed by atoms with Crippen LogP contribution in [0.15, 0.2) is 0 Å². The lowest BCUT2D eigenvalue weighted by molar-refractivity contribution is -0.150. The first-order chi connectivity index (χ1) is 11.6. The molecule has 0 saturated carbocycles. The summed E-state index contributed by atoms with van der Waals surface area (Å²) >= 11 is 0. The van der Waals surface area contributed by atoms with E-state index in [1.807, 2.05) is 6.92 Å². The first-order valence-corrected chi connectivity index (χ1v) is 8.89. The average molecular weight is 333 g/mol. The number of carboxylic acid groups (broad SMARTS) is 1. The molecule has 0 unspecified atom stereocenters. The lowest BCUT2D eigenvalue weighted by atomic mass is 9.76. The van der Waals surface area contributed by atoms with Crippen LogP contribution >= 0.6 is 0 Å². The van der Waals surface area contributed by atoms with Gasteiger partial charge in [-0.1, -0.05) is 0 Å². The van der Waals surface area contributed by atoms with E-state index in [1.165, 1.54) is 5.56 Å². The van der Waals surface area contributed by atoms with Crippen molar-refractivity contribution in [3.63, 3.8) is 0 Å². The van der Waals surface area contributed by atoms with Crippen molar-refractivity contribution in [2.45, 2.75) is 51.9 Å². The van der Waals surface area contributed by atoms with Gasteiger partial charge in [0.1, 0.15) is 11.6 Å². The summed E-state index contributed by atoms with van der Waals surface area (Å²) in [5.41, 5.74) is 1.70. The third kappa shape index (κ3) is 3.24. The van der Waals surface area contributed by atoms with E-state index < -0.39 is 11.4 Å². The summed E-state index contributed by atoms with van der Waals surface area (Å²) in [6.45, 7) is 3.95. The van der Waals surface area contributed by atoms with E-state index in [9.17, 15) is 9.90 Å². The minimum Gasteiger partial charge on any atom is -0.481 e. The molecule has 2 aliphatic rings. The van der Waals surface area contributed by atoms with Crippen LogP contribution in [0.25, 0.3) is 0 Å². The Morgan fingerprint density at radius 1 is 1.33 bits per heavy atom. The molecule has 1 N–H and O–H groups in total. The minimum absolute atomic E-state index is 0.537. The van der Waals surface area contributed by atoms with Gasteiger partial charge in [-0.05, 0) is 51.9 Å². The van der Waals surface area contributed by atoms with Crippen molar-refractivity contribution in [2.24, 2.45) is 5.41 Å². The number of piperidine rings is 1. The van der Waals surface area contributed by atoms with Gasteiger partial charge in [0.15, 0.2) is 0 Å². The third-order valence-electron chi connectivity index (χ3n) is 5.36. The van der Waals surface area contributed by atoms with Crippen LogP contribution in [0, 0.1) is 12.3 Å². The normalized spacial score (nSPS) is 23.3. The zero-order valence-electron chi connectivity index (χ0n) is 14.7. The van der Waals surface area contributed by atoms with Crippen molar-refractivity contribution >= 4 is 11.8 Å². The quantitative estimate of drug-likeness (QED) is 0.806. The maximum atomic E-state index is 12.0. The van der Waals surface area contributed by atoms with Crippen molar-refractivity contribution < 1.29 is 14.6 Å². The number of ether oxygens (including phenoxy) is 1. The van der Waals surface area contributed by atoms with E-state index in [2.05, 4.69) is 14.9 Å². The van der Waals surface area contributed by atoms with Gasteiger partial charge in [0, 0.05) is 38.1 Å². The monoisotopic (exact) mass is 333 g/mol. The van der Waals surface area contributed by atoms with Crippen molar-refractivity contribution in [1.29, 1.82) is 0 Å². The molecule has 1 fully saturated rings. The Labute approximate surface area is 143 Å². The Morgan fingerprint density at radius 2 is 2.17 bits per heavy atom. The van der Waals surface area contributed by atoms with Crippen LogP contribution in [-0.4, -0.2) is 47.8 Å². The second kappa shape index (κ2) is 7.05. The van der Waals surface area contributed by atoms with Gasteiger partial charge in [-0.3, -0.25) is 4.79 Å². The van der Waals surface area contributed by atoms with Crippen LogP contribution in [-0.2, 0) is 22.4 Å². The van der Waals surface area contributed by atoms with Crippen LogP contribution in [0.2, 0.25) is 0 Å². The standard InChI is InChI=1S/C18H27N3O3/c1-13-19-15-7-3-6-14(15)16(20-13)21-10-4-8-18(12-21,17(22)23)9-5-11-24-2/h3-12H2,1-2H3,(H,22,23)/t18-/m1/s1. The fourth-order valence-corrected chi connectivity index (χ4v) is 4.15. The number of anilines is 1. The molecule has 132 valence electrons. The van der Waals surface area contributed by atoms with E-state index in [-0.39, 0.29) is 0 Å². The van der Waals surface area contributed by atoms with Gasteiger partial charge in [0.25, 0.3) is 0 Å². The summed E-state index contributed by atoms with van der Waals surface area (Å²) in [5.74, 6) is 1.08. The topological polar surface area (TPSA) is 75.6 Å². The molecule has 0 spiro atoms. The zero-order chi connectivity index (χ0) is 17.2. The Morgan fingerprint density at radius 3 is 2.92 bits per heavy atom. The maximum Gasteiger partial charge on any atom is 0.311 e. The lowest BCUT2D eigenvalue weighted by Crippen LogP contribution is -2.48. The van der Waals surface area contributed by atoms with Gasteiger partial charge >= 0.3 is 5.97 Å². The third-order valence-corrected chi connectivity index (χ3v) is 5.36.